The van der Waals surface area contributed by atoms with Crippen molar-refractivity contribution in [2.75, 3.05) is 19.6 Å². The van der Waals surface area contributed by atoms with Gasteiger partial charge in [-0.2, -0.15) is 17.5 Å². The van der Waals surface area contributed by atoms with Crippen molar-refractivity contribution in [2.24, 2.45) is 0 Å². The Morgan fingerprint density at radius 1 is 1.00 bits per heavy atom. The molecule has 1 heterocycles. The van der Waals surface area contributed by atoms with Gasteiger partial charge in [0.15, 0.2) is 0 Å². The summed E-state index contributed by atoms with van der Waals surface area (Å²) in [5.74, 6) is -0.181. The molecule has 5 nitrogen and oxygen atoms in total. The van der Waals surface area contributed by atoms with Gasteiger partial charge in [0.1, 0.15) is 0 Å². The van der Waals surface area contributed by atoms with E-state index in [1.807, 2.05) is 0 Å². The number of halogens is 3. The van der Waals surface area contributed by atoms with E-state index in [1.165, 1.54) is 4.31 Å². The summed E-state index contributed by atoms with van der Waals surface area (Å²) in [5.41, 5.74) is -0.383. The van der Waals surface area contributed by atoms with Gasteiger partial charge in [0, 0.05) is 31.2 Å². The molecule has 150 valence electrons. The Morgan fingerprint density at radius 2 is 1.61 bits per heavy atom. The van der Waals surface area contributed by atoms with Gasteiger partial charge in [0.05, 0.1) is 10.5 Å². The van der Waals surface area contributed by atoms with Gasteiger partial charge in [-0.3, -0.25) is 4.79 Å². The van der Waals surface area contributed by atoms with E-state index in [9.17, 15) is 26.4 Å². The quantitative estimate of drug-likeness (QED) is 0.778. The highest BCUT2D eigenvalue weighted by molar-refractivity contribution is 7.89. The third-order valence-corrected chi connectivity index (χ3v) is 6.57. The zero-order valence-electron chi connectivity index (χ0n) is 15.1. The van der Waals surface area contributed by atoms with Gasteiger partial charge in [-0.15, -0.1) is 0 Å². The van der Waals surface area contributed by atoms with E-state index >= 15 is 0 Å². The lowest BCUT2D eigenvalue weighted by Crippen LogP contribution is -2.55. The van der Waals surface area contributed by atoms with Crippen LogP contribution in [0.1, 0.15) is 22.8 Å². The number of sulfonamides is 1. The average Bonchev–Trinajstić information content (AvgIpc) is 2.67. The summed E-state index contributed by atoms with van der Waals surface area (Å²) >= 11 is 0. The van der Waals surface area contributed by atoms with Crippen LogP contribution in [-0.2, 0) is 16.2 Å². The third kappa shape index (κ3) is 4.05. The molecule has 3 rings (SSSR count). The van der Waals surface area contributed by atoms with E-state index in [0.29, 0.717) is 5.56 Å². The Bertz CT molecular complexity index is 945. The van der Waals surface area contributed by atoms with E-state index in [-0.39, 0.29) is 36.5 Å². The van der Waals surface area contributed by atoms with Crippen molar-refractivity contribution in [3.63, 3.8) is 0 Å². The van der Waals surface area contributed by atoms with Crippen molar-refractivity contribution >= 4 is 15.9 Å². The number of carbonyl (C=O) groups excluding carboxylic acids is 1. The maximum Gasteiger partial charge on any atom is 0.416 e. The number of piperazine rings is 1. The molecule has 0 radical (unpaired) electrons. The van der Waals surface area contributed by atoms with Crippen molar-refractivity contribution in [3.05, 3.63) is 65.7 Å². The monoisotopic (exact) mass is 412 g/mol. The topological polar surface area (TPSA) is 57.7 Å². The van der Waals surface area contributed by atoms with Gasteiger partial charge in [-0.1, -0.05) is 18.2 Å². The molecule has 0 N–H and O–H groups in total. The molecule has 1 atom stereocenters. The Balaban J connectivity index is 1.74. The molecule has 0 aliphatic carbocycles. The SMILES string of the molecule is C[C@@H]1CN(S(=O)(=O)c2ccc(C(F)(F)F)cc2)CCN1C(=O)c1ccccc1. The molecule has 1 aliphatic heterocycles. The largest absolute Gasteiger partial charge is 0.416 e. The Labute approximate surface area is 161 Å². The molecule has 1 fully saturated rings. The summed E-state index contributed by atoms with van der Waals surface area (Å²) in [6, 6.07) is 11.8. The second kappa shape index (κ2) is 7.56. The Morgan fingerprint density at radius 3 is 2.14 bits per heavy atom. The second-order valence-corrected chi connectivity index (χ2v) is 8.54. The third-order valence-electron chi connectivity index (χ3n) is 4.69. The van der Waals surface area contributed by atoms with Crippen LogP contribution in [0.15, 0.2) is 59.5 Å². The molecule has 0 saturated carbocycles. The fraction of sp³-hybridized carbons (Fsp3) is 0.316. The molecule has 2 aromatic rings. The van der Waals surface area contributed by atoms with E-state index in [4.69, 9.17) is 0 Å². The highest BCUT2D eigenvalue weighted by Gasteiger charge is 2.35. The summed E-state index contributed by atoms with van der Waals surface area (Å²) in [6.45, 7) is 2.10. The first-order valence-electron chi connectivity index (χ1n) is 8.64. The van der Waals surface area contributed by atoms with Gasteiger partial charge >= 0.3 is 6.18 Å². The maximum atomic E-state index is 12.8. The van der Waals surface area contributed by atoms with Crippen LogP contribution < -0.4 is 0 Å². The summed E-state index contributed by atoms with van der Waals surface area (Å²) < 4.78 is 64.8. The number of hydrogen-bond donors (Lipinski definition) is 0. The lowest BCUT2D eigenvalue weighted by molar-refractivity contribution is -0.137. The molecule has 1 aliphatic rings. The number of rotatable bonds is 3. The molecule has 0 spiro atoms. The lowest BCUT2D eigenvalue weighted by atomic mass is 10.1. The van der Waals surface area contributed by atoms with Crippen LogP contribution in [0, 0.1) is 0 Å². The first kappa shape index (κ1) is 20.3. The number of carbonyl (C=O) groups is 1. The van der Waals surface area contributed by atoms with Gasteiger partial charge in [0.25, 0.3) is 5.91 Å². The van der Waals surface area contributed by atoms with Gasteiger partial charge in [0.2, 0.25) is 10.0 Å². The first-order chi connectivity index (χ1) is 13.1. The molecular weight excluding hydrogens is 393 g/mol. The molecule has 9 heteroatoms. The number of alkyl halides is 3. The summed E-state index contributed by atoms with van der Waals surface area (Å²) in [7, 11) is -3.94. The van der Waals surface area contributed by atoms with Gasteiger partial charge in [-0.05, 0) is 43.3 Å². The van der Waals surface area contributed by atoms with Crippen molar-refractivity contribution in [1.82, 2.24) is 9.21 Å². The number of nitrogens with zero attached hydrogens (tertiary/aromatic N) is 2. The minimum absolute atomic E-state index is 0.0714. The predicted molar refractivity (Wildman–Crippen MR) is 97.1 cm³/mol. The Kier molecular flexibility index (Phi) is 5.49. The number of benzene rings is 2. The minimum atomic E-state index is -4.53. The van der Waals surface area contributed by atoms with E-state index in [1.54, 1.807) is 42.2 Å². The fourth-order valence-corrected chi connectivity index (χ4v) is 4.67. The average molecular weight is 412 g/mol. The van der Waals surface area contributed by atoms with Gasteiger partial charge in [-0.25, -0.2) is 8.42 Å². The number of amides is 1. The van der Waals surface area contributed by atoms with Gasteiger partial charge < -0.3 is 4.90 Å². The van der Waals surface area contributed by atoms with Crippen LogP contribution in [0.2, 0.25) is 0 Å². The molecule has 0 unspecified atom stereocenters. The van der Waals surface area contributed by atoms with Crippen LogP contribution in [-0.4, -0.2) is 49.2 Å². The smallest absolute Gasteiger partial charge is 0.333 e. The molecule has 1 saturated heterocycles. The van der Waals surface area contributed by atoms with Crippen molar-refractivity contribution in [2.45, 2.75) is 24.0 Å². The van der Waals surface area contributed by atoms with Crippen molar-refractivity contribution in [1.29, 1.82) is 0 Å². The lowest BCUT2D eigenvalue weighted by Gasteiger charge is -2.39. The summed E-state index contributed by atoms with van der Waals surface area (Å²) in [4.78, 5) is 14.0. The van der Waals surface area contributed by atoms with E-state index in [2.05, 4.69) is 0 Å². The zero-order chi connectivity index (χ0) is 20.5. The molecule has 1 amide bonds. The summed E-state index contributed by atoms with van der Waals surface area (Å²) in [6.07, 6.45) is -4.53. The molecule has 2 aromatic carbocycles. The van der Waals surface area contributed by atoms with Crippen LogP contribution in [0.25, 0.3) is 0 Å². The molecule has 0 bridgehead atoms. The normalized spacial score (nSPS) is 18.9. The standard InChI is InChI=1S/C19H19F3N2O3S/c1-14-13-23(11-12-24(14)18(25)15-5-3-2-4-6-15)28(26,27)17-9-7-16(8-10-17)19(20,21)22/h2-10,14H,11-13H2,1H3/t14-/m1/s1. The first-order valence-corrected chi connectivity index (χ1v) is 10.1. The summed E-state index contributed by atoms with van der Waals surface area (Å²) in [5, 5.41) is 0. The highest BCUT2D eigenvalue weighted by Crippen LogP contribution is 2.30. The van der Waals surface area contributed by atoms with Crippen LogP contribution >= 0.6 is 0 Å². The second-order valence-electron chi connectivity index (χ2n) is 6.60. The fourth-order valence-electron chi connectivity index (χ4n) is 3.16. The van der Waals surface area contributed by atoms with E-state index in [0.717, 1.165) is 24.3 Å². The van der Waals surface area contributed by atoms with Crippen LogP contribution in [0.3, 0.4) is 0 Å². The molecular formula is C19H19F3N2O3S. The predicted octanol–water partition coefficient (Wildman–Crippen LogP) is 3.24. The molecule has 0 aromatic heterocycles. The van der Waals surface area contributed by atoms with E-state index < -0.39 is 21.8 Å². The molecule has 28 heavy (non-hydrogen) atoms. The van der Waals surface area contributed by atoms with Crippen LogP contribution in [0.4, 0.5) is 13.2 Å². The Hall–Kier alpha value is -2.39. The zero-order valence-corrected chi connectivity index (χ0v) is 15.9. The number of hydrogen-bond acceptors (Lipinski definition) is 3. The highest BCUT2D eigenvalue weighted by atomic mass is 32.2. The van der Waals surface area contributed by atoms with Crippen molar-refractivity contribution < 1.29 is 26.4 Å². The maximum absolute atomic E-state index is 12.8. The minimum Gasteiger partial charge on any atom is -0.333 e. The van der Waals surface area contributed by atoms with Crippen LogP contribution in [0.5, 0.6) is 0 Å². The van der Waals surface area contributed by atoms with Crippen molar-refractivity contribution in [3.8, 4) is 0 Å².